The third-order valence-electron chi connectivity index (χ3n) is 6.64. The minimum Gasteiger partial charge on any atom is -0.365 e. The predicted molar refractivity (Wildman–Crippen MR) is 138 cm³/mol. The second kappa shape index (κ2) is 11.5. The summed E-state index contributed by atoms with van der Waals surface area (Å²) in [6.45, 7) is 11.7. The highest BCUT2D eigenvalue weighted by molar-refractivity contribution is 5.59. The Labute approximate surface area is 196 Å². The van der Waals surface area contributed by atoms with Crippen LogP contribution < -0.4 is 5.32 Å². The first-order valence-corrected chi connectivity index (χ1v) is 12.5. The molecule has 0 saturated heterocycles. The molecule has 1 N–H and O–H groups in total. The number of aromatic nitrogens is 1. The van der Waals surface area contributed by atoms with Crippen LogP contribution >= 0.6 is 0 Å². The minimum atomic E-state index is 0.336. The molecule has 2 nitrogen and oxygen atoms in total. The molecular formula is C30H42N2. The molecule has 32 heavy (non-hydrogen) atoms. The monoisotopic (exact) mass is 430 g/mol. The van der Waals surface area contributed by atoms with Crippen LogP contribution in [-0.4, -0.2) is 4.98 Å². The second-order valence-electron chi connectivity index (χ2n) is 10.6. The Morgan fingerprint density at radius 2 is 1.75 bits per heavy atom. The summed E-state index contributed by atoms with van der Waals surface area (Å²) in [5.41, 5.74) is 6.94. The average Bonchev–Trinajstić information content (AvgIpc) is 3.02. The van der Waals surface area contributed by atoms with Crippen molar-refractivity contribution in [2.45, 2.75) is 79.6 Å². The molecule has 172 valence electrons. The molecule has 1 unspecified atom stereocenters. The van der Waals surface area contributed by atoms with Gasteiger partial charge in [0.25, 0.3) is 0 Å². The zero-order valence-corrected chi connectivity index (χ0v) is 20.8. The standard InChI is InChI=1S/C30H42N2/c1-6-23(7-2)19-27(29-13-10-11-25(22-32-29)21-30(3,4)5)20-24-14-16-26(17-15-24)28-12-8-9-18-31-28/h8-9,12-18,22-23,27,32H,6-7,10-11,19-21H2,1-5H3. The fourth-order valence-electron chi connectivity index (χ4n) is 4.81. The van der Waals surface area contributed by atoms with Crippen molar-refractivity contribution in [1.29, 1.82) is 0 Å². The summed E-state index contributed by atoms with van der Waals surface area (Å²) in [4.78, 5) is 4.49. The van der Waals surface area contributed by atoms with E-state index in [0.717, 1.165) is 30.9 Å². The summed E-state index contributed by atoms with van der Waals surface area (Å²) >= 11 is 0. The maximum Gasteiger partial charge on any atom is 0.0701 e. The van der Waals surface area contributed by atoms with E-state index in [1.807, 2.05) is 18.3 Å². The van der Waals surface area contributed by atoms with Crippen LogP contribution in [0.15, 0.2) is 72.2 Å². The molecule has 0 saturated carbocycles. The van der Waals surface area contributed by atoms with Gasteiger partial charge in [-0.3, -0.25) is 4.98 Å². The number of rotatable bonds is 9. The third kappa shape index (κ3) is 7.36. The maximum absolute atomic E-state index is 4.49. The molecule has 1 atom stereocenters. The van der Waals surface area contributed by atoms with Crippen molar-refractivity contribution >= 4 is 0 Å². The van der Waals surface area contributed by atoms with E-state index >= 15 is 0 Å². The topological polar surface area (TPSA) is 24.9 Å². The van der Waals surface area contributed by atoms with Crippen LogP contribution in [0.5, 0.6) is 0 Å². The Morgan fingerprint density at radius 3 is 2.38 bits per heavy atom. The number of allylic oxidation sites excluding steroid dienone is 3. The fraction of sp³-hybridized carbons (Fsp3) is 0.500. The lowest BCUT2D eigenvalue weighted by molar-refractivity contribution is 0.374. The number of benzene rings is 1. The van der Waals surface area contributed by atoms with E-state index in [4.69, 9.17) is 0 Å². The van der Waals surface area contributed by atoms with Gasteiger partial charge in [-0.05, 0) is 67.3 Å². The first-order valence-electron chi connectivity index (χ1n) is 12.5. The number of nitrogens with one attached hydrogen (secondary N) is 1. The molecule has 2 heterocycles. The summed E-state index contributed by atoms with van der Waals surface area (Å²) in [5, 5.41) is 3.75. The lowest BCUT2D eigenvalue weighted by atomic mass is 9.84. The largest absolute Gasteiger partial charge is 0.365 e. The molecule has 1 aliphatic rings. The third-order valence-corrected chi connectivity index (χ3v) is 6.64. The molecule has 0 amide bonds. The molecule has 0 bridgehead atoms. The van der Waals surface area contributed by atoms with Crippen LogP contribution in [0.25, 0.3) is 11.3 Å². The zero-order valence-electron chi connectivity index (χ0n) is 20.8. The molecular weight excluding hydrogens is 388 g/mol. The Balaban J connectivity index is 1.76. The van der Waals surface area contributed by atoms with Gasteiger partial charge in [-0.2, -0.15) is 0 Å². The second-order valence-corrected chi connectivity index (χ2v) is 10.6. The van der Waals surface area contributed by atoms with Crippen LogP contribution in [0.3, 0.4) is 0 Å². The summed E-state index contributed by atoms with van der Waals surface area (Å²) in [5.74, 6) is 1.31. The number of hydrogen-bond donors (Lipinski definition) is 1. The van der Waals surface area contributed by atoms with Crippen molar-refractivity contribution in [2.24, 2.45) is 17.3 Å². The van der Waals surface area contributed by atoms with E-state index in [-0.39, 0.29) is 0 Å². The van der Waals surface area contributed by atoms with Crippen LogP contribution in [0.4, 0.5) is 0 Å². The molecule has 0 spiro atoms. The Hall–Kier alpha value is -2.35. The van der Waals surface area contributed by atoms with Gasteiger partial charge in [-0.1, -0.05) is 89.4 Å². The van der Waals surface area contributed by atoms with E-state index in [1.165, 1.54) is 42.5 Å². The Kier molecular flexibility index (Phi) is 8.73. The molecule has 3 rings (SSSR count). The maximum atomic E-state index is 4.49. The zero-order chi connectivity index (χ0) is 23.0. The molecule has 0 radical (unpaired) electrons. The average molecular weight is 431 g/mol. The van der Waals surface area contributed by atoms with Crippen molar-refractivity contribution in [1.82, 2.24) is 10.3 Å². The van der Waals surface area contributed by atoms with Gasteiger partial charge in [-0.15, -0.1) is 0 Å². The van der Waals surface area contributed by atoms with E-state index in [2.05, 4.69) is 87.5 Å². The minimum absolute atomic E-state index is 0.336. The SMILES string of the molecule is CCC(CC)CC(Cc1ccc(-c2ccccn2)cc1)C1=CCCC(CC(C)(C)C)=CN1. The fourth-order valence-corrected chi connectivity index (χ4v) is 4.81. The highest BCUT2D eigenvalue weighted by Gasteiger charge is 2.21. The van der Waals surface area contributed by atoms with Crippen molar-refractivity contribution < 1.29 is 0 Å². The van der Waals surface area contributed by atoms with Crippen LogP contribution in [0.1, 0.15) is 78.7 Å². The molecule has 0 fully saturated rings. The van der Waals surface area contributed by atoms with Crippen LogP contribution in [0, 0.1) is 17.3 Å². The lowest BCUT2D eigenvalue weighted by Crippen LogP contribution is -2.21. The quantitative estimate of drug-likeness (QED) is 0.432. The Morgan fingerprint density at radius 1 is 1.00 bits per heavy atom. The highest BCUT2D eigenvalue weighted by Crippen LogP contribution is 2.32. The van der Waals surface area contributed by atoms with Crippen molar-refractivity contribution in [3.05, 3.63) is 77.8 Å². The molecule has 1 aromatic heterocycles. The molecule has 2 heteroatoms. The molecule has 0 aliphatic carbocycles. The highest BCUT2D eigenvalue weighted by atomic mass is 14.9. The molecule has 2 aromatic rings. The van der Waals surface area contributed by atoms with Crippen LogP contribution in [-0.2, 0) is 6.42 Å². The predicted octanol–water partition coefficient (Wildman–Crippen LogP) is 8.32. The van der Waals surface area contributed by atoms with Crippen molar-refractivity contribution in [3.63, 3.8) is 0 Å². The van der Waals surface area contributed by atoms with Gasteiger partial charge in [-0.25, -0.2) is 0 Å². The first kappa shape index (κ1) is 24.3. The van der Waals surface area contributed by atoms with Gasteiger partial charge >= 0.3 is 0 Å². The summed E-state index contributed by atoms with van der Waals surface area (Å²) in [6, 6.07) is 15.1. The van der Waals surface area contributed by atoms with E-state index in [9.17, 15) is 0 Å². The summed E-state index contributed by atoms with van der Waals surface area (Å²) < 4.78 is 0. The van der Waals surface area contributed by atoms with Gasteiger partial charge in [0, 0.05) is 23.4 Å². The van der Waals surface area contributed by atoms with Crippen LogP contribution in [0.2, 0.25) is 0 Å². The molecule has 1 aliphatic heterocycles. The van der Waals surface area contributed by atoms with Gasteiger partial charge in [0.05, 0.1) is 5.69 Å². The van der Waals surface area contributed by atoms with Crippen molar-refractivity contribution in [3.8, 4) is 11.3 Å². The van der Waals surface area contributed by atoms with Gasteiger partial charge in [0.1, 0.15) is 0 Å². The van der Waals surface area contributed by atoms with E-state index in [0.29, 0.717) is 11.3 Å². The number of pyridine rings is 1. The first-order chi connectivity index (χ1) is 15.4. The lowest BCUT2D eigenvalue weighted by Gasteiger charge is -2.25. The van der Waals surface area contributed by atoms with Gasteiger partial charge in [0.15, 0.2) is 0 Å². The Bertz CT molecular complexity index is 881. The smallest absolute Gasteiger partial charge is 0.0701 e. The number of hydrogen-bond acceptors (Lipinski definition) is 2. The van der Waals surface area contributed by atoms with E-state index in [1.54, 1.807) is 5.57 Å². The normalized spacial score (nSPS) is 15.6. The number of nitrogens with zero attached hydrogens (tertiary/aromatic N) is 1. The molecule has 1 aromatic carbocycles. The summed E-state index contributed by atoms with van der Waals surface area (Å²) in [6.07, 6.45) is 15.0. The van der Waals surface area contributed by atoms with Gasteiger partial charge < -0.3 is 5.32 Å². The van der Waals surface area contributed by atoms with E-state index < -0.39 is 0 Å². The van der Waals surface area contributed by atoms with Crippen molar-refractivity contribution in [2.75, 3.05) is 0 Å². The summed E-state index contributed by atoms with van der Waals surface area (Å²) in [7, 11) is 0. The van der Waals surface area contributed by atoms with Gasteiger partial charge in [0.2, 0.25) is 0 Å².